The van der Waals surface area contributed by atoms with E-state index in [1.165, 1.54) is 12.8 Å². The Morgan fingerprint density at radius 3 is 1.00 bits per heavy atom. The van der Waals surface area contributed by atoms with Gasteiger partial charge in [-0.2, -0.15) is 0 Å². The van der Waals surface area contributed by atoms with Gasteiger partial charge in [-0.1, -0.05) is 26.7 Å². The normalized spacial score (nSPS) is 5.00. The Morgan fingerprint density at radius 1 is 0.833 bits per heavy atom. The summed E-state index contributed by atoms with van der Waals surface area (Å²) in [6, 6.07) is 0. The Balaban J connectivity index is -0.0000000450. The summed E-state index contributed by atoms with van der Waals surface area (Å²) in [5.74, 6) is 0. The third-order valence-electron chi connectivity index (χ3n) is 0.500. The van der Waals surface area contributed by atoms with E-state index in [1.807, 2.05) is 0 Å². The molecule has 0 saturated carbocycles. The summed E-state index contributed by atoms with van der Waals surface area (Å²) in [6.45, 7) is 4.36. The van der Waals surface area contributed by atoms with Crippen LogP contribution >= 0.6 is 0 Å². The van der Waals surface area contributed by atoms with Crippen molar-refractivity contribution in [1.29, 1.82) is 0 Å². The van der Waals surface area contributed by atoms with Gasteiger partial charge in [0.25, 0.3) is 0 Å². The van der Waals surface area contributed by atoms with Crippen LogP contribution in [0, 0.1) is 0 Å². The Kier molecular flexibility index (Phi) is 41.8. The molecule has 0 nitrogen and oxygen atoms in total. The van der Waals surface area contributed by atoms with Gasteiger partial charge in [0.1, 0.15) is 0 Å². The first-order valence-corrected chi connectivity index (χ1v) is 1.91. The molecule has 2 heteroatoms. The van der Waals surface area contributed by atoms with E-state index >= 15 is 0 Å². The van der Waals surface area contributed by atoms with Crippen molar-refractivity contribution in [3.05, 3.63) is 0 Å². The van der Waals surface area contributed by atoms with E-state index < -0.39 is 0 Å². The van der Waals surface area contributed by atoms with Gasteiger partial charge >= 0.3 is 46.1 Å². The van der Waals surface area contributed by atoms with Crippen LogP contribution in [-0.4, -0.2) is 46.1 Å². The molecule has 0 bridgehead atoms. The minimum Gasteiger partial charge on any atom is -0.0654 e. The maximum absolute atomic E-state index is 2.18. The van der Waals surface area contributed by atoms with Crippen LogP contribution in [0.4, 0.5) is 0 Å². The summed E-state index contributed by atoms with van der Waals surface area (Å²) < 4.78 is 0. The van der Waals surface area contributed by atoms with Crippen molar-refractivity contribution >= 4 is 46.1 Å². The molecule has 6 heavy (non-hydrogen) atoms. The largest absolute Gasteiger partial charge is 0.316 e. The molecule has 0 amide bonds. The van der Waals surface area contributed by atoms with Crippen molar-refractivity contribution < 1.29 is 0 Å². The molecule has 0 spiro atoms. The molecular weight excluding hydrogens is 96.7 g/mol. The monoisotopic (exact) mass is 110 g/mol. The van der Waals surface area contributed by atoms with Crippen molar-refractivity contribution in [3.63, 3.8) is 0 Å². The Labute approximate surface area is 72.4 Å². The van der Waals surface area contributed by atoms with Gasteiger partial charge in [-0.3, -0.25) is 0 Å². The second-order valence-corrected chi connectivity index (χ2v) is 1.000. The first-order valence-electron chi connectivity index (χ1n) is 1.91. The molecule has 34 valence electrons. The predicted octanol–water partition coefficient (Wildman–Crippen LogP) is -0.0260. The summed E-state index contributed by atoms with van der Waals surface area (Å²) >= 11 is 0. The fraction of sp³-hybridized carbons (Fsp3) is 1.00. The molecule has 0 radical (unpaired) electrons. The maximum atomic E-state index is 2.18. The van der Waals surface area contributed by atoms with Crippen molar-refractivity contribution in [3.8, 4) is 0 Å². The SMILES string of the molecule is CCCC.[MgH2].[MgH2]. The fourth-order valence-electron chi connectivity index (χ4n) is 0. The molecule has 0 aliphatic heterocycles. The van der Waals surface area contributed by atoms with Gasteiger partial charge in [0.15, 0.2) is 0 Å². The van der Waals surface area contributed by atoms with Crippen LogP contribution in [0.3, 0.4) is 0 Å². The van der Waals surface area contributed by atoms with Crippen LogP contribution in [0.2, 0.25) is 0 Å². The molecular formula is C4H14Mg2. The van der Waals surface area contributed by atoms with Gasteiger partial charge < -0.3 is 0 Å². The highest BCUT2D eigenvalue weighted by atomic mass is 24.3. The molecule has 0 aromatic carbocycles. The lowest BCUT2D eigenvalue weighted by Crippen LogP contribution is -1.47. The summed E-state index contributed by atoms with van der Waals surface area (Å²) in [5, 5.41) is 0. The van der Waals surface area contributed by atoms with Gasteiger partial charge in [0.05, 0.1) is 0 Å². The Morgan fingerprint density at radius 2 is 1.00 bits per heavy atom. The van der Waals surface area contributed by atoms with Crippen molar-refractivity contribution in [1.82, 2.24) is 0 Å². The zero-order valence-corrected chi connectivity index (χ0v) is 3.41. The minimum atomic E-state index is 0. The van der Waals surface area contributed by atoms with Crippen LogP contribution < -0.4 is 0 Å². The second kappa shape index (κ2) is 16.0. The van der Waals surface area contributed by atoms with Gasteiger partial charge in [0.2, 0.25) is 0 Å². The molecule has 0 aliphatic rings. The average molecular weight is 111 g/mol. The summed E-state index contributed by atoms with van der Waals surface area (Å²) in [4.78, 5) is 0. The van der Waals surface area contributed by atoms with E-state index in [2.05, 4.69) is 13.8 Å². The van der Waals surface area contributed by atoms with Crippen LogP contribution in [0.15, 0.2) is 0 Å². The van der Waals surface area contributed by atoms with E-state index in [4.69, 9.17) is 0 Å². The molecule has 0 aliphatic carbocycles. The first kappa shape index (κ1) is 15.6. The number of rotatable bonds is 1. The topological polar surface area (TPSA) is 0 Å². The predicted molar refractivity (Wildman–Crippen MR) is 37.7 cm³/mol. The molecule has 0 aromatic rings. The third kappa shape index (κ3) is 17.7. The number of hydrogen-bond donors (Lipinski definition) is 0. The van der Waals surface area contributed by atoms with E-state index in [1.54, 1.807) is 0 Å². The molecule has 0 aromatic heterocycles. The van der Waals surface area contributed by atoms with Gasteiger partial charge in [-0.15, -0.1) is 0 Å². The van der Waals surface area contributed by atoms with Gasteiger partial charge in [-0.05, 0) is 0 Å². The van der Waals surface area contributed by atoms with E-state index in [0.29, 0.717) is 0 Å². The molecule has 0 fully saturated rings. The summed E-state index contributed by atoms with van der Waals surface area (Å²) in [6.07, 6.45) is 2.64. The van der Waals surface area contributed by atoms with Gasteiger partial charge in [-0.25, -0.2) is 0 Å². The second-order valence-electron chi connectivity index (χ2n) is 1.000. The van der Waals surface area contributed by atoms with E-state index in [9.17, 15) is 0 Å². The Bertz CT molecular complexity index is 7.51. The zero-order valence-electron chi connectivity index (χ0n) is 3.41. The highest BCUT2D eigenvalue weighted by Crippen LogP contribution is 1.76. The molecule has 0 atom stereocenters. The lowest BCUT2D eigenvalue weighted by Gasteiger charge is -1.68. The van der Waals surface area contributed by atoms with Crippen LogP contribution in [0.1, 0.15) is 26.7 Å². The highest BCUT2D eigenvalue weighted by Gasteiger charge is 1.56. The number of unbranched alkanes of at least 4 members (excludes halogenated alkanes) is 1. The fourth-order valence-corrected chi connectivity index (χ4v) is 0. The first-order chi connectivity index (χ1) is 1.91. The number of hydrogen-bond acceptors (Lipinski definition) is 0. The standard InChI is InChI=1S/C4H10.2Mg.4H/c1-3-4-2;;;;;;/h3-4H2,1-2H3;;;;;;. The summed E-state index contributed by atoms with van der Waals surface area (Å²) in [7, 11) is 0. The van der Waals surface area contributed by atoms with Gasteiger partial charge in [0, 0.05) is 0 Å². The maximum Gasteiger partial charge on any atom is 0.316 e. The minimum absolute atomic E-state index is 0. The molecule has 0 N–H and O–H groups in total. The van der Waals surface area contributed by atoms with E-state index in [-0.39, 0.29) is 46.1 Å². The van der Waals surface area contributed by atoms with Crippen molar-refractivity contribution in [2.75, 3.05) is 0 Å². The molecule has 0 rings (SSSR count). The average Bonchev–Trinajstić information content (AvgIpc) is 1.37. The smallest absolute Gasteiger partial charge is 0.0654 e. The highest BCUT2D eigenvalue weighted by molar-refractivity contribution is 5.76. The molecule has 0 saturated heterocycles. The van der Waals surface area contributed by atoms with Crippen LogP contribution in [0.5, 0.6) is 0 Å². The Hall–Kier alpha value is 1.53. The zero-order chi connectivity index (χ0) is 3.41. The van der Waals surface area contributed by atoms with Crippen molar-refractivity contribution in [2.45, 2.75) is 26.7 Å². The van der Waals surface area contributed by atoms with E-state index in [0.717, 1.165) is 0 Å². The molecule has 0 heterocycles. The molecule has 0 unspecified atom stereocenters. The van der Waals surface area contributed by atoms with Crippen LogP contribution in [0.25, 0.3) is 0 Å². The summed E-state index contributed by atoms with van der Waals surface area (Å²) in [5.41, 5.74) is 0. The lowest BCUT2D eigenvalue weighted by molar-refractivity contribution is 0.886. The quantitative estimate of drug-likeness (QED) is 0.417. The van der Waals surface area contributed by atoms with Crippen LogP contribution in [-0.2, 0) is 0 Å². The third-order valence-corrected chi connectivity index (χ3v) is 0.500. The van der Waals surface area contributed by atoms with Crippen molar-refractivity contribution in [2.24, 2.45) is 0 Å². The lowest BCUT2D eigenvalue weighted by atomic mass is 10.4.